The lowest BCUT2D eigenvalue weighted by molar-refractivity contribution is -0.124. The van der Waals surface area contributed by atoms with Crippen molar-refractivity contribution in [3.63, 3.8) is 0 Å². The quantitative estimate of drug-likeness (QED) is 0.572. The Labute approximate surface area is 186 Å². The van der Waals surface area contributed by atoms with Gasteiger partial charge in [-0.15, -0.1) is 34.4 Å². The van der Waals surface area contributed by atoms with Gasteiger partial charge in [0.25, 0.3) is 0 Å². The van der Waals surface area contributed by atoms with Crippen LogP contribution in [0.2, 0.25) is 5.02 Å². The van der Waals surface area contributed by atoms with Gasteiger partial charge >= 0.3 is 0 Å². The molecule has 0 bridgehead atoms. The molecule has 0 saturated carbocycles. The van der Waals surface area contributed by atoms with Crippen molar-refractivity contribution in [2.45, 2.75) is 17.5 Å². The lowest BCUT2D eigenvalue weighted by Crippen LogP contribution is -2.46. The monoisotopic (exact) mass is 485 g/mol. The first-order chi connectivity index (χ1) is 13.9. The summed E-state index contributed by atoms with van der Waals surface area (Å²) in [5.74, 6) is 0.307. The molecule has 0 spiro atoms. The number of halogens is 1. The SMILES string of the molecule is O=C(NCc1csc(-c2cccs2)n1)[C@H]1CSCN1S(=O)(=O)c1cccc(Cl)c1. The Hall–Kier alpha value is -1.43. The minimum absolute atomic E-state index is 0.0883. The van der Waals surface area contributed by atoms with Crippen LogP contribution in [0.4, 0.5) is 0 Å². The molecule has 1 aromatic carbocycles. The highest BCUT2D eigenvalue weighted by atomic mass is 35.5. The number of hydrogen-bond acceptors (Lipinski definition) is 7. The fraction of sp³-hybridized carbons (Fsp3) is 0.222. The van der Waals surface area contributed by atoms with Crippen LogP contribution in [0, 0.1) is 0 Å². The van der Waals surface area contributed by atoms with Gasteiger partial charge in [-0.05, 0) is 29.6 Å². The first kappa shape index (κ1) is 20.8. The molecule has 1 atom stereocenters. The van der Waals surface area contributed by atoms with E-state index in [0.29, 0.717) is 10.8 Å². The number of sulfonamides is 1. The predicted molar refractivity (Wildman–Crippen MR) is 119 cm³/mol. The third kappa shape index (κ3) is 4.52. The molecule has 6 nitrogen and oxygen atoms in total. The summed E-state index contributed by atoms with van der Waals surface area (Å²) < 4.78 is 27.2. The lowest BCUT2D eigenvalue weighted by Gasteiger charge is -2.22. The molecule has 1 aliphatic heterocycles. The van der Waals surface area contributed by atoms with Gasteiger partial charge in [0.2, 0.25) is 15.9 Å². The van der Waals surface area contributed by atoms with Crippen molar-refractivity contribution in [3.05, 3.63) is 57.9 Å². The van der Waals surface area contributed by atoms with E-state index in [4.69, 9.17) is 11.6 Å². The highest BCUT2D eigenvalue weighted by Crippen LogP contribution is 2.30. The number of nitrogens with zero attached hydrogens (tertiary/aromatic N) is 2. The van der Waals surface area contributed by atoms with Gasteiger partial charge in [0.05, 0.1) is 27.9 Å². The van der Waals surface area contributed by atoms with Crippen LogP contribution in [0.3, 0.4) is 0 Å². The zero-order valence-corrected chi connectivity index (χ0v) is 19.0. The summed E-state index contributed by atoms with van der Waals surface area (Å²) in [4.78, 5) is 18.4. The number of amides is 1. The lowest BCUT2D eigenvalue weighted by atomic mass is 10.3. The standard InChI is InChI=1S/C18H16ClN3O3S4/c19-12-3-1-4-14(7-12)29(24,25)22-11-26-10-15(22)17(23)20-8-13-9-28-18(21-13)16-5-2-6-27-16/h1-7,9,15H,8,10-11H2,(H,20,23)/t15-/m1/s1. The maximum atomic E-state index is 13.0. The van der Waals surface area contributed by atoms with Gasteiger partial charge in [-0.3, -0.25) is 4.79 Å². The number of rotatable bonds is 6. The average Bonchev–Trinajstić information content (AvgIpc) is 3.47. The molecule has 4 rings (SSSR count). The van der Waals surface area contributed by atoms with Gasteiger partial charge in [-0.25, -0.2) is 13.4 Å². The Kier molecular flexibility index (Phi) is 6.28. The average molecular weight is 486 g/mol. The fourth-order valence-corrected chi connectivity index (χ4v) is 7.92. The van der Waals surface area contributed by atoms with Crippen molar-refractivity contribution >= 4 is 62.0 Å². The van der Waals surface area contributed by atoms with E-state index in [2.05, 4.69) is 10.3 Å². The molecule has 1 aliphatic rings. The van der Waals surface area contributed by atoms with E-state index in [1.807, 2.05) is 22.9 Å². The van der Waals surface area contributed by atoms with Crippen LogP contribution in [0.15, 0.2) is 52.1 Å². The van der Waals surface area contributed by atoms with Crippen LogP contribution >= 0.6 is 46.0 Å². The molecular weight excluding hydrogens is 470 g/mol. The molecule has 29 heavy (non-hydrogen) atoms. The zero-order chi connectivity index (χ0) is 20.4. The topological polar surface area (TPSA) is 79.4 Å². The van der Waals surface area contributed by atoms with Gasteiger partial charge in [-0.1, -0.05) is 23.7 Å². The highest BCUT2D eigenvalue weighted by Gasteiger charge is 2.40. The number of hydrogen-bond donors (Lipinski definition) is 1. The maximum absolute atomic E-state index is 13.0. The van der Waals surface area contributed by atoms with Crippen LogP contribution in [0.25, 0.3) is 9.88 Å². The highest BCUT2D eigenvalue weighted by molar-refractivity contribution is 8.00. The number of thiazole rings is 1. The maximum Gasteiger partial charge on any atom is 0.244 e. The third-order valence-electron chi connectivity index (χ3n) is 4.27. The Morgan fingerprint density at radius 2 is 2.14 bits per heavy atom. The molecule has 0 unspecified atom stereocenters. The van der Waals surface area contributed by atoms with Crippen LogP contribution in [0.1, 0.15) is 5.69 Å². The zero-order valence-electron chi connectivity index (χ0n) is 14.9. The second-order valence-electron chi connectivity index (χ2n) is 6.20. The summed E-state index contributed by atoms with van der Waals surface area (Å²) in [6, 6.07) is 9.29. The smallest absolute Gasteiger partial charge is 0.244 e. The van der Waals surface area contributed by atoms with Gasteiger partial charge < -0.3 is 5.32 Å². The molecule has 0 aliphatic carbocycles. The normalized spacial score (nSPS) is 17.5. The van der Waals surface area contributed by atoms with Crippen LogP contribution in [-0.2, 0) is 21.4 Å². The number of thioether (sulfide) groups is 1. The second-order valence-corrected chi connectivity index (χ2v) is 11.3. The van der Waals surface area contributed by atoms with Crippen molar-refractivity contribution in [1.82, 2.24) is 14.6 Å². The van der Waals surface area contributed by atoms with E-state index in [9.17, 15) is 13.2 Å². The molecule has 1 fully saturated rings. The van der Waals surface area contributed by atoms with E-state index in [1.165, 1.54) is 39.5 Å². The van der Waals surface area contributed by atoms with Crippen molar-refractivity contribution in [1.29, 1.82) is 0 Å². The second kappa shape index (κ2) is 8.75. The number of thiophene rings is 1. The number of benzene rings is 1. The Balaban J connectivity index is 1.44. The molecule has 152 valence electrons. The Bertz CT molecular complexity index is 1120. The largest absolute Gasteiger partial charge is 0.349 e. The van der Waals surface area contributed by atoms with E-state index >= 15 is 0 Å². The minimum atomic E-state index is -3.81. The number of aromatic nitrogens is 1. The molecular formula is C18H16ClN3O3S4. The van der Waals surface area contributed by atoms with Gasteiger partial charge in [0, 0.05) is 16.2 Å². The molecule has 0 radical (unpaired) electrons. The Morgan fingerprint density at radius 1 is 1.28 bits per heavy atom. The third-order valence-corrected chi connectivity index (χ3v) is 9.47. The fourth-order valence-electron chi connectivity index (χ4n) is 2.83. The summed E-state index contributed by atoms with van der Waals surface area (Å²) in [5, 5.41) is 7.97. The first-order valence-corrected chi connectivity index (χ1v) is 13.3. The van der Waals surface area contributed by atoms with Gasteiger partial charge in [-0.2, -0.15) is 4.31 Å². The van der Waals surface area contributed by atoms with E-state index < -0.39 is 16.1 Å². The first-order valence-electron chi connectivity index (χ1n) is 8.56. The molecule has 1 amide bonds. The molecule has 3 aromatic rings. The summed E-state index contributed by atoms with van der Waals surface area (Å²) >= 11 is 10.5. The summed E-state index contributed by atoms with van der Waals surface area (Å²) in [6.07, 6.45) is 0. The molecule has 2 aromatic heterocycles. The van der Waals surface area contributed by atoms with Crippen molar-refractivity contribution < 1.29 is 13.2 Å². The number of nitrogens with one attached hydrogen (secondary N) is 1. The van der Waals surface area contributed by atoms with Gasteiger partial charge in [0.15, 0.2) is 0 Å². The molecule has 1 saturated heterocycles. The number of carbonyl (C=O) groups excluding carboxylic acids is 1. The summed E-state index contributed by atoms with van der Waals surface area (Å²) in [7, 11) is -3.81. The molecule has 1 N–H and O–H groups in total. The summed E-state index contributed by atoms with van der Waals surface area (Å²) in [5.41, 5.74) is 0.752. The molecule has 11 heteroatoms. The Morgan fingerprint density at radius 3 is 2.90 bits per heavy atom. The summed E-state index contributed by atoms with van der Waals surface area (Å²) in [6.45, 7) is 0.257. The molecule has 3 heterocycles. The van der Waals surface area contributed by atoms with Crippen LogP contribution < -0.4 is 5.32 Å². The predicted octanol–water partition coefficient (Wildman–Crippen LogP) is 3.91. The number of carbonyl (C=O) groups is 1. The van der Waals surface area contributed by atoms with Crippen molar-refractivity contribution in [2.75, 3.05) is 11.6 Å². The van der Waals surface area contributed by atoms with Crippen LogP contribution in [0.5, 0.6) is 0 Å². The van der Waals surface area contributed by atoms with Crippen LogP contribution in [-0.4, -0.2) is 41.3 Å². The minimum Gasteiger partial charge on any atom is -0.349 e. The van der Waals surface area contributed by atoms with E-state index in [1.54, 1.807) is 23.5 Å². The van der Waals surface area contributed by atoms with E-state index in [-0.39, 0.29) is 23.2 Å². The van der Waals surface area contributed by atoms with Crippen molar-refractivity contribution in [2.24, 2.45) is 0 Å². The van der Waals surface area contributed by atoms with Gasteiger partial charge in [0.1, 0.15) is 11.0 Å². The van der Waals surface area contributed by atoms with Crippen molar-refractivity contribution in [3.8, 4) is 9.88 Å². The van der Waals surface area contributed by atoms with E-state index in [0.717, 1.165) is 15.6 Å².